The Morgan fingerprint density at radius 1 is 1.10 bits per heavy atom. The molecule has 0 saturated carbocycles. The Kier molecular flexibility index (Phi) is 6.25. The molecule has 1 aliphatic heterocycles. The van der Waals surface area contributed by atoms with Gasteiger partial charge < -0.3 is 9.73 Å². The third kappa shape index (κ3) is 4.73. The molecule has 0 radical (unpaired) electrons. The van der Waals surface area contributed by atoms with Crippen LogP contribution in [0.4, 0.5) is 0 Å². The maximum absolute atomic E-state index is 13.5. The molecule has 4 rings (SSSR count). The van der Waals surface area contributed by atoms with E-state index in [4.69, 9.17) is 4.42 Å². The maximum atomic E-state index is 13.5. The fourth-order valence-electron chi connectivity index (χ4n) is 4.00. The first kappa shape index (κ1) is 21.3. The van der Waals surface area contributed by atoms with Gasteiger partial charge in [-0.05, 0) is 48.7 Å². The van der Waals surface area contributed by atoms with Crippen molar-refractivity contribution in [1.29, 1.82) is 0 Å². The smallest absolute Gasteiger partial charge is 0.243 e. The lowest BCUT2D eigenvalue weighted by Gasteiger charge is -2.36. The van der Waals surface area contributed by atoms with Gasteiger partial charge in [0.25, 0.3) is 0 Å². The molecule has 31 heavy (non-hydrogen) atoms. The molecule has 0 saturated heterocycles. The third-order valence-electron chi connectivity index (χ3n) is 5.64. The van der Waals surface area contributed by atoms with E-state index < -0.39 is 16.1 Å². The van der Waals surface area contributed by atoms with Crippen molar-refractivity contribution < 1.29 is 17.6 Å². The van der Waals surface area contributed by atoms with Crippen LogP contribution >= 0.6 is 0 Å². The molecule has 162 valence electrons. The second-order valence-corrected chi connectivity index (χ2v) is 9.67. The topological polar surface area (TPSA) is 79.6 Å². The van der Waals surface area contributed by atoms with Crippen LogP contribution in [0, 0.1) is 6.92 Å². The van der Waals surface area contributed by atoms with Gasteiger partial charge in [-0.25, -0.2) is 8.42 Å². The predicted molar refractivity (Wildman–Crippen MR) is 118 cm³/mol. The van der Waals surface area contributed by atoms with Crippen molar-refractivity contribution >= 4 is 15.9 Å². The first-order chi connectivity index (χ1) is 14.9. The van der Waals surface area contributed by atoms with E-state index in [1.165, 1.54) is 4.31 Å². The minimum absolute atomic E-state index is 0.0697. The molecule has 1 atom stereocenters. The van der Waals surface area contributed by atoms with Crippen molar-refractivity contribution in [2.24, 2.45) is 0 Å². The molecular formula is C24H26N2O4S. The highest BCUT2D eigenvalue weighted by molar-refractivity contribution is 7.89. The fourth-order valence-corrected chi connectivity index (χ4v) is 5.61. The second-order valence-electron chi connectivity index (χ2n) is 7.78. The third-order valence-corrected chi connectivity index (χ3v) is 7.57. The van der Waals surface area contributed by atoms with Crippen LogP contribution < -0.4 is 5.32 Å². The molecule has 2 heterocycles. The standard InChI is InChI=1S/C24H26N2O4S/c1-18-8-10-21(11-9-18)31(28,29)26-15-13-19-5-2-3-7-22(19)23(26)17-24(27)25-14-12-20-6-4-16-30-20/h2-11,16,23H,12-15,17H2,1H3,(H,25,27)/t23-/m0/s1. The van der Waals surface area contributed by atoms with Gasteiger partial charge in [-0.3, -0.25) is 4.79 Å². The number of fused-ring (bicyclic) bond motifs is 1. The van der Waals surface area contributed by atoms with Gasteiger partial charge in [-0.15, -0.1) is 0 Å². The summed E-state index contributed by atoms with van der Waals surface area (Å²) in [5.74, 6) is 0.615. The van der Waals surface area contributed by atoms with Crippen LogP contribution in [0.25, 0.3) is 0 Å². The van der Waals surface area contributed by atoms with Crippen LogP contribution in [0.5, 0.6) is 0 Å². The summed E-state index contributed by atoms with van der Waals surface area (Å²) in [5.41, 5.74) is 2.98. The summed E-state index contributed by atoms with van der Waals surface area (Å²) in [6.45, 7) is 2.70. The number of hydrogen-bond donors (Lipinski definition) is 1. The second kappa shape index (κ2) is 9.08. The summed E-state index contributed by atoms with van der Waals surface area (Å²) in [4.78, 5) is 13.0. The molecule has 3 aromatic rings. The highest BCUT2D eigenvalue weighted by Crippen LogP contribution is 2.36. The zero-order chi connectivity index (χ0) is 21.8. The molecule has 0 unspecified atom stereocenters. The Morgan fingerprint density at radius 3 is 2.61 bits per heavy atom. The molecule has 1 amide bonds. The first-order valence-electron chi connectivity index (χ1n) is 10.4. The normalized spacial score (nSPS) is 16.6. The number of carbonyl (C=O) groups excluding carboxylic acids is 1. The lowest BCUT2D eigenvalue weighted by molar-refractivity contribution is -0.122. The van der Waals surface area contributed by atoms with Crippen molar-refractivity contribution in [1.82, 2.24) is 9.62 Å². The fraction of sp³-hybridized carbons (Fsp3) is 0.292. The van der Waals surface area contributed by atoms with Gasteiger partial charge in [0.1, 0.15) is 5.76 Å². The number of furan rings is 1. The average Bonchev–Trinajstić information content (AvgIpc) is 3.27. The number of nitrogens with zero attached hydrogens (tertiary/aromatic N) is 1. The summed E-state index contributed by atoms with van der Waals surface area (Å²) in [6.07, 6.45) is 2.88. The first-order valence-corrected chi connectivity index (χ1v) is 11.8. The predicted octanol–water partition coefficient (Wildman–Crippen LogP) is 3.63. The van der Waals surface area contributed by atoms with E-state index in [0.29, 0.717) is 25.9 Å². The summed E-state index contributed by atoms with van der Waals surface area (Å²) in [7, 11) is -3.73. The summed E-state index contributed by atoms with van der Waals surface area (Å²) in [6, 6.07) is 17.7. The quantitative estimate of drug-likeness (QED) is 0.611. The van der Waals surface area contributed by atoms with Crippen molar-refractivity contribution in [2.45, 2.75) is 37.1 Å². The summed E-state index contributed by atoms with van der Waals surface area (Å²) >= 11 is 0. The molecule has 6 nitrogen and oxygen atoms in total. The van der Waals surface area contributed by atoms with Crippen LogP contribution in [0.15, 0.2) is 76.2 Å². The van der Waals surface area contributed by atoms with Crippen LogP contribution in [-0.4, -0.2) is 31.7 Å². The average molecular weight is 439 g/mol. The summed E-state index contributed by atoms with van der Waals surface area (Å²) in [5, 5.41) is 2.90. The van der Waals surface area contributed by atoms with Gasteiger partial charge in [0.2, 0.25) is 15.9 Å². The van der Waals surface area contributed by atoms with Gasteiger partial charge in [-0.1, -0.05) is 42.0 Å². The number of amides is 1. The van der Waals surface area contributed by atoms with E-state index in [1.54, 1.807) is 30.5 Å². The van der Waals surface area contributed by atoms with E-state index in [-0.39, 0.29) is 17.2 Å². The Balaban J connectivity index is 1.56. The monoisotopic (exact) mass is 438 g/mol. The Morgan fingerprint density at radius 2 is 1.87 bits per heavy atom. The van der Waals surface area contributed by atoms with Crippen molar-refractivity contribution in [3.8, 4) is 0 Å². The molecule has 2 aromatic carbocycles. The highest BCUT2D eigenvalue weighted by atomic mass is 32.2. The van der Waals surface area contributed by atoms with Gasteiger partial charge in [-0.2, -0.15) is 4.31 Å². The Bertz CT molecular complexity index is 1140. The zero-order valence-electron chi connectivity index (χ0n) is 17.5. The van der Waals surface area contributed by atoms with Gasteiger partial charge in [0.05, 0.1) is 17.2 Å². The van der Waals surface area contributed by atoms with Crippen LogP contribution in [0.1, 0.15) is 34.9 Å². The number of carbonyl (C=O) groups is 1. The number of sulfonamides is 1. The molecule has 0 spiro atoms. The molecular weight excluding hydrogens is 412 g/mol. The van der Waals surface area contributed by atoms with Crippen molar-refractivity contribution in [2.75, 3.05) is 13.1 Å². The van der Waals surface area contributed by atoms with E-state index in [1.807, 2.05) is 43.3 Å². The number of nitrogens with one attached hydrogen (secondary N) is 1. The number of rotatable bonds is 7. The lowest BCUT2D eigenvalue weighted by Crippen LogP contribution is -2.42. The largest absolute Gasteiger partial charge is 0.469 e. The molecule has 1 aliphatic rings. The number of benzene rings is 2. The highest BCUT2D eigenvalue weighted by Gasteiger charge is 2.37. The van der Waals surface area contributed by atoms with E-state index >= 15 is 0 Å². The maximum Gasteiger partial charge on any atom is 0.243 e. The van der Waals surface area contributed by atoms with Crippen LogP contribution in [0.3, 0.4) is 0 Å². The molecule has 0 bridgehead atoms. The van der Waals surface area contributed by atoms with Gasteiger partial charge >= 0.3 is 0 Å². The minimum atomic E-state index is -3.73. The van der Waals surface area contributed by atoms with Crippen molar-refractivity contribution in [3.05, 3.63) is 89.4 Å². The van der Waals surface area contributed by atoms with Gasteiger partial charge in [0.15, 0.2) is 0 Å². The SMILES string of the molecule is Cc1ccc(S(=O)(=O)N2CCc3ccccc3[C@@H]2CC(=O)NCCc2ccco2)cc1. The Hall–Kier alpha value is -2.90. The molecule has 1 N–H and O–H groups in total. The summed E-state index contributed by atoms with van der Waals surface area (Å²) < 4.78 is 33.7. The van der Waals surface area contributed by atoms with Crippen LogP contribution in [-0.2, 0) is 27.7 Å². The zero-order valence-corrected chi connectivity index (χ0v) is 18.3. The molecule has 7 heteroatoms. The Labute approximate surface area is 182 Å². The van der Waals surface area contributed by atoms with E-state index in [0.717, 1.165) is 22.5 Å². The van der Waals surface area contributed by atoms with E-state index in [2.05, 4.69) is 5.32 Å². The van der Waals surface area contributed by atoms with Crippen molar-refractivity contribution in [3.63, 3.8) is 0 Å². The minimum Gasteiger partial charge on any atom is -0.469 e. The number of aryl methyl sites for hydroxylation is 1. The van der Waals surface area contributed by atoms with Crippen LogP contribution in [0.2, 0.25) is 0 Å². The molecule has 1 aromatic heterocycles. The molecule has 0 fully saturated rings. The number of hydrogen-bond acceptors (Lipinski definition) is 4. The van der Waals surface area contributed by atoms with E-state index in [9.17, 15) is 13.2 Å². The van der Waals surface area contributed by atoms with Gasteiger partial charge in [0, 0.05) is 25.9 Å². The lowest BCUT2D eigenvalue weighted by atomic mass is 9.92. The molecule has 0 aliphatic carbocycles.